The van der Waals surface area contributed by atoms with Crippen molar-refractivity contribution in [2.75, 3.05) is 0 Å². The first-order valence-corrected chi connectivity index (χ1v) is 10.6. The van der Waals surface area contributed by atoms with Crippen molar-refractivity contribution in [3.05, 3.63) is 57.3 Å². The van der Waals surface area contributed by atoms with E-state index in [0.717, 1.165) is 36.6 Å². The van der Waals surface area contributed by atoms with E-state index in [4.69, 9.17) is 0 Å². The highest BCUT2D eigenvalue weighted by Crippen LogP contribution is 2.24. The highest BCUT2D eigenvalue weighted by atomic mass is 16.6. The molecule has 3 amide bonds. The van der Waals surface area contributed by atoms with Gasteiger partial charge in [-0.2, -0.15) is 5.10 Å². The van der Waals surface area contributed by atoms with Gasteiger partial charge in [-0.15, -0.1) is 0 Å². The molecule has 1 fully saturated rings. The number of urea groups is 1. The molecule has 12 nitrogen and oxygen atoms in total. The molecule has 0 radical (unpaired) electrons. The number of benzene rings is 1. The van der Waals surface area contributed by atoms with Crippen molar-refractivity contribution in [3.63, 3.8) is 0 Å². The van der Waals surface area contributed by atoms with Gasteiger partial charge in [-0.1, -0.05) is 31.9 Å². The first-order chi connectivity index (χ1) is 15.8. The minimum atomic E-state index is -0.662. The van der Waals surface area contributed by atoms with E-state index in [9.17, 15) is 24.5 Å². The Morgan fingerprint density at radius 1 is 1.24 bits per heavy atom. The van der Waals surface area contributed by atoms with E-state index >= 15 is 0 Å². The molecule has 0 aliphatic heterocycles. The van der Waals surface area contributed by atoms with Gasteiger partial charge in [0.25, 0.3) is 11.2 Å². The standard InChI is InChI=1S/C21H23N7O5/c1-13-6-2-3-7-15(13)24-21(31)25-18(29)11-26-12-22-19-14(20(26)30)10-23-27(19)16-8-4-5-9-17(16)28(32)33/h4-5,8-10,12-13,15H,2-3,6-7,11H2,1H3,(H2,24,25,29,31). The van der Waals surface area contributed by atoms with Gasteiger partial charge in [0.05, 0.1) is 11.1 Å². The molecular formula is C21H23N7O5. The zero-order valence-electron chi connectivity index (χ0n) is 17.9. The van der Waals surface area contributed by atoms with Gasteiger partial charge in [-0.3, -0.25) is 29.6 Å². The predicted octanol–water partition coefficient (Wildman–Crippen LogP) is 1.89. The second-order valence-electron chi connectivity index (χ2n) is 8.11. The normalized spacial score (nSPS) is 18.1. The van der Waals surface area contributed by atoms with Gasteiger partial charge in [-0.25, -0.2) is 14.5 Å². The number of nitro groups is 1. The Bertz CT molecular complexity index is 1280. The van der Waals surface area contributed by atoms with E-state index in [-0.39, 0.29) is 28.5 Å². The van der Waals surface area contributed by atoms with Gasteiger partial charge in [0.2, 0.25) is 5.91 Å². The summed E-state index contributed by atoms with van der Waals surface area (Å²) >= 11 is 0. The third-order valence-corrected chi connectivity index (χ3v) is 5.86. The summed E-state index contributed by atoms with van der Waals surface area (Å²) in [4.78, 5) is 52.3. The van der Waals surface area contributed by atoms with Crippen LogP contribution >= 0.6 is 0 Å². The van der Waals surface area contributed by atoms with Crippen LogP contribution in [0.15, 0.2) is 41.6 Å². The van der Waals surface area contributed by atoms with E-state index in [0.29, 0.717) is 5.92 Å². The molecule has 0 saturated heterocycles. The molecule has 4 rings (SSSR count). The Labute approximate surface area is 187 Å². The molecule has 3 aromatic rings. The molecule has 1 saturated carbocycles. The zero-order valence-corrected chi connectivity index (χ0v) is 17.9. The summed E-state index contributed by atoms with van der Waals surface area (Å²) < 4.78 is 2.26. The molecule has 0 spiro atoms. The van der Waals surface area contributed by atoms with Crippen molar-refractivity contribution in [1.82, 2.24) is 30.0 Å². The van der Waals surface area contributed by atoms with Crippen LogP contribution in [0.1, 0.15) is 32.6 Å². The number of imide groups is 1. The summed E-state index contributed by atoms with van der Waals surface area (Å²) in [6.45, 7) is 1.66. The third kappa shape index (κ3) is 4.59. The number of nitrogens with one attached hydrogen (secondary N) is 2. The summed E-state index contributed by atoms with van der Waals surface area (Å²) in [6, 6.07) is 5.38. The van der Waals surface area contributed by atoms with E-state index in [1.807, 2.05) is 0 Å². The number of para-hydroxylation sites is 2. The number of fused-ring (bicyclic) bond motifs is 1. The van der Waals surface area contributed by atoms with Crippen molar-refractivity contribution in [2.45, 2.75) is 45.2 Å². The number of aromatic nitrogens is 4. The van der Waals surface area contributed by atoms with Crippen molar-refractivity contribution >= 4 is 28.7 Å². The topological polar surface area (TPSA) is 154 Å². The lowest BCUT2D eigenvalue weighted by Crippen LogP contribution is -2.48. The summed E-state index contributed by atoms with van der Waals surface area (Å²) in [7, 11) is 0. The molecule has 2 atom stereocenters. The average Bonchev–Trinajstić information content (AvgIpc) is 3.22. The van der Waals surface area contributed by atoms with Crippen molar-refractivity contribution in [1.29, 1.82) is 0 Å². The van der Waals surface area contributed by atoms with Crippen molar-refractivity contribution < 1.29 is 14.5 Å². The molecule has 1 aliphatic rings. The lowest BCUT2D eigenvalue weighted by molar-refractivity contribution is -0.384. The monoisotopic (exact) mass is 453 g/mol. The summed E-state index contributed by atoms with van der Waals surface area (Å²) in [5.74, 6) is -0.323. The van der Waals surface area contributed by atoms with Gasteiger partial charge in [0.1, 0.15) is 23.9 Å². The first-order valence-electron chi connectivity index (χ1n) is 10.6. The van der Waals surface area contributed by atoms with Crippen LogP contribution in [0.5, 0.6) is 0 Å². The minimum absolute atomic E-state index is 0.0140. The largest absolute Gasteiger partial charge is 0.335 e. The van der Waals surface area contributed by atoms with Crippen LogP contribution in [0.4, 0.5) is 10.5 Å². The Hall–Kier alpha value is -4.09. The maximum Gasteiger partial charge on any atom is 0.321 e. The fraction of sp³-hybridized carbons (Fsp3) is 0.381. The molecule has 12 heteroatoms. The number of carbonyl (C=O) groups excluding carboxylic acids is 2. The lowest BCUT2D eigenvalue weighted by atomic mass is 9.86. The van der Waals surface area contributed by atoms with Crippen molar-refractivity contribution in [2.24, 2.45) is 5.92 Å². The summed E-state index contributed by atoms with van der Waals surface area (Å²) in [5, 5.41) is 20.6. The van der Waals surface area contributed by atoms with E-state index in [2.05, 4.69) is 27.6 Å². The molecule has 1 aliphatic carbocycles. The van der Waals surface area contributed by atoms with Crippen LogP contribution in [-0.4, -0.2) is 42.2 Å². The minimum Gasteiger partial charge on any atom is -0.335 e. The molecule has 33 heavy (non-hydrogen) atoms. The molecular weight excluding hydrogens is 430 g/mol. The van der Waals surface area contributed by atoms with Gasteiger partial charge in [0, 0.05) is 12.1 Å². The number of hydrogen-bond donors (Lipinski definition) is 2. The second-order valence-corrected chi connectivity index (χ2v) is 8.11. The zero-order chi connectivity index (χ0) is 23.5. The number of carbonyl (C=O) groups is 2. The van der Waals surface area contributed by atoms with Crippen molar-refractivity contribution in [3.8, 4) is 5.69 Å². The van der Waals surface area contributed by atoms with Crippen LogP contribution in [0, 0.1) is 16.0 Å². The number of amides is 3. The Kier molecular flexibility index (Phi) is 6.16. The Balaban J connectivity index is 1.50. The first kappa shape index (κ1) is 22.1. The van der Waals surface area contributed by atoms with Crippen LogP contribution in [-0.2, 0) is 11.3 Å². The lowest BCUT2D eigenvalue weighted by Gasteiger charge is -2.29. The number of nitro benzene ring substituents is 1. The SMILES string of the molecule is CC1CCCCC1NC(=O)NC(=O)Cn1cnc2c(cnn2-c2ccccc2[N+](=O)[O-])c1=O. The van der Waals surface area contributed by atoms with E-state index in [1.165, 1.54) is 29.1 Å². The van der Waals surface area contributed by atoms with Crippen LogP contribution in [0.3, 0.4) is 0 Å². The molecule has 1 aromatic carbocycles. The molecule has 0 bridgehead atoms. The highest BCUT2D eigenvalue weighted by molar-refractivity contribution is 5.94. The number of hydrogen-bond acceptors (Lipinski definition) is 7. The molecule has 2 unspecified atom stereocenters. The average molecular weight is 453 g/mol. The highest BCUT2D eigenvalue weighted by Gasteiger charge is 2.24. The predicted molar refractivity (Wildman–Crippen MR) is 118 cm³/mol. The maximum absolute atomic E-state index is 12.8. The van der Waals surface area contributed by atoms with Gasteiger partial charge >= 0.3 is 6.03 Å². The Morgan fingerprint density at radius 3 is 2.76 bits per heavy atom. The second kappa shape index (κ2) is 9.18. The van der Waals surface area contributed by atoms with Gasteiger partial charge < -0.3 is 5.32 Å². The van der Waals surface area contributed by atoms with Crippen LogP contribution < -0.4 is 16.2 Å². The smallest absolute Gasteiger partial charge is 0.321 e. The molecule has 2 heterocycles. The molecule has 2 aromatic heterocycles. The fourth-order valence-electron chi connectivity index (χ4n) is 4.09. The van der Waals surface area contributed by atoms with E-state index in [1.54, 1.807) is 6.07 Å². The molecule has 172 valence electrons. The number of rotatable bonds is 5. The number of nitrogens with zero attached hydrogens (tertiary/aromatic N) is 5. The maximum atomic E-state index is 12.8. The van der Waals surface area contributed by atoms with Gasteiger partial charge in [0.15, 0.2) is 5.65 Å². The summed E-state index contributed by atoms with van der Waals surface area (Å²) in [6.07, 6.45) is 6.45. The van der Waals surface area contributed by atoms with E-state index < -0.39 is 29.0 Å². The quantitative estimate of drug-likeness (QED) is 0.442. The van der Waals surface area contributed by atoms with Crippen LogP contribution in [0.25, 0.3) is 16.7 Å². The van der Waals surface area contributed by atoms with Crippen LogP contribution in [0.2, 0.25) is 0 Å². The molecule has 2 N–H and O–H groups in total. The van der Waals surface area contributed by atoms with Gasteiger partial charge in [-0.05, 0) is 24.8 Å². The third-order valence-electron chi connectivity index (χ3n) is 5.86. The Morgan fingerprint density at radius 2 is 2.00 bits per heavy atom. The fourth-order valence-corrected chi connectivity index (χ4v) is 4.09. The summed E-state index contributed by atoms with van der Waals surface area (Å²) in [5.41, 5.74) is -0.462.